The van der Waals surface area contributed by atoms with Crippen molar-refractivity contribution in [2.45, 2.75) is 46.6 Å². The second kappa shape index (κ2) is 11.3. The highest BCUT2D eigenvalue weighted by molar-refractivity contribution is 6.30. The molecule has 0 saturated carbocycles. The van der Waals surface area contributed by atoms with Gasteiger partial charge in [-0.25, -0.2) is 4.98 Å². The molecule has 36 heavy (non-hydrogen) atoms. The molecule has 4 rings (SSSR count). The van der Waals surface area contributed by atoms with Crippen molar-refractivity contribution in [1.29, 1.82) is 0 Å². The number of hydrogen-bond donors (Lipinski definition) is 1. The number of ether oxygens (including phenoxy) is 1. The summed E-state index contributed by atoms with van der Waals surface area (Å²) in [6, 6.07) is 13.5. The van der Waals surface area contributed by atoms with Crippen molar-refractivity contribution < 1.29 is 14.3 Å². The fraction of sp³-hybridized carbons (Fsp3) is 0.393. The molecule has 1 fully saturated rings. The van der Waals surface area contributed by atoms with Crippen LogP contribution >= 0.6 is 11.6 Å². The van der Waals surface area contributed by atoms with Crippen LogP contribution in [0.4, 0.5) is 5.95 Å². The van der Waals surface area contributed by atoms with E-state index in [2.05, 4.69) is 25.2 Å². The monoisotopic (exact) mass is 508 g/mol. The molecule has 0 radical (unpaired) electrons. The first-order valence-electron chi connectivity index (χ1n) is 12.3. The normalized spacial score (nSPS) is 15.3. The fourth-order valence-corrected chi connectivity index (χ4v) is 4.40. The second-order valence-electron chi connectivity index (χ2n) is 9.65. The molecule has 0 bridgehead atoms. The van der Waals surface area contributed by atoms with Crippen molar-refractivity contribution in [1.82, 2.24) is 14.5 Å². The Labute approximate surface area is 217 Å². The Morgan fingerprint density at radius 1 is 1.17 bits per heavy atom. The third-order valence-electron chi connectivity index (χ3n) is 6.45. The Morgan fingerprint density at radius 3 is 2.56 bits per heavy atom. The van der Waals surface area contributed by atoms with Crippen LogP contribution in [0.25, 0.3) is 16.9 Å². The number of hydrogen-bond acceptors (Lipinski definition) is 4. The van der Waals surface area contributed by atoms with Crippen LogP contribution < -0.4 is 5.32 Å². The largest absolute Gasteiger partial charge is 0.376 e. The van der Waals surface area contributed by atoms with Gasteiger partial charge < -0.3 is 9.64 Å². The smallest absolute Gasteiger partial charge is 0.246 e. The lowest BCUT2D eigenvalue weighted by atomic mass is 10.1. The fourth-order valence-electron chi connectivity index (χ4n) is 4.27. The topological polar surface area (TPSA) is 76.5 Å². The van der Waals surface area contributed by atoms with Crippen molar-refractivity contribution in [2.75, 3.05) is 25.0 Å². The van der Waals surface area contributed by atoms with Crippen molar-refractivity contribution in [3.63, 3.8) is 0 Å². The van der Waals surface area contributed by atoms with Crippen LogP contribution in [0.15, 0.2) is 48.7 Å². The second-order valence-corrected chi connectivity index (χ2v) is 10.1. The number of halogens is 1. The molecule has 0 spiro atoms. The zero-order valence-corrected chi connectivity index (χ0v) is 22.0. The Bertz CT molecular complexity index is 1230. The number of rotatable bonds is 8. The molecular weight excluding hydrogens is 476 g/mol. The summed E-state index contributed by atoms with van der Waals surface area (Å²) in [5.74, 6) is -0.198. The summed E-state index contributed by atoms with van der Waals surface area (Å²) in [5.41, 5.74) is 4.79. The van der Waals surface area contributed by atoms with Gasteiger partial charge in [0.05, 0.1) is 11.8 Å². The van der Waals surface area contributed by atoms with Crippen molar-refractivity contribution in [3.8, 4) is 16.9 Å². The zero-order valence-electron chi connectivity index (χ0n) is 21.3. The van der Waals surface area contributed by atoms with Gasteiger partial charge in [-0.2, -0.15) is 0 Å². The first-order chi connectivity index (χ1) is 17.2. The first-order valence-corrected chi connectivity index (χ1v) is 12.7. The predicted molar refractivity (Wildman–Crippen MR) is 143 cm³/mol. The number of amides is 2. The molecule has 2 aromatic carbocycles. The molecule has 8 heteroatoms. The van der Waals surface area contributed by atoms with Gasteiger partial charge >= 0.3 is 0 Å². The van der Waals surface area contributed by atoms with Gasteiger partial charge in [0.25, 0.3) is 0 Å². The molecule has 2 heterocycles. The number of aromatic nitrogens is 2. The average molecular weight is 509 g/mol. The first kappa shape index (κ1) is 25.9. The highest BCUT2D eigenvalue weighted by atomic mass is 35.5. The Balaban J connectivity index is 1.61. The van der Waals surface area contributed by atoms with Crippen molar-refractivity contribution in [2.24, 2.45) is 5.92 Å². The van der Waals surface area contributed by atoms with E-state index >= 15 is 0 Å². The molecule has 1 aromatic heterocycles. The maximum atomic E-state index is 13.2. The van der Waals surface area contributed by atoms with Gasteiger partial charge in [0.2, 0.25) is 17.8 Å². The Hall–Kier alpha value is -3.16. The number of imidazole rings is 1. The van der Waals surface area contributed by atoms with E-state index in [9.17, 15) is 9.59 Å². The summed E-state index contributed by atoms with van der Waals surface area (Å²) >= 11 is 6.07. The lowest BCUT2D eigenvalue weighted by Crippen LogP contribution is -2.44. The molecular formula is C28H33ClN4O3. The minimum atomic E-state index is -0.305. The summed E-state index contributed by atoms with van der Waals surface area (Å²) in [7, 11) is 0. The predicted octanol–water partition coefficient (Wildman–Crippen LogP) is 5.41. The van der Waals surface area contributed by atoms with E-state index in [1.54, 1.807) is 4.90 Å². The van der Waals surface area contributed by atoms with Crippen LogP contribution in [0.1, 0.15) is 37.8 Å². The maximum Gasteiger partial charge on any atom is 0.246 e. The van der Waals surface area contributed by atoms with Crippen LogP contribution in [0, 0.1) is 19.8 Å². The quantitative estimate of drug-likeness (QED) is 0.441. The highest BCUT2D eigenvalue weighted by Crippen LogP contribution is 2.26. The average Bonchev–Trinajstić information content (AvgIpc) is 3.50. The molecule has 3 aromatic rings. The van der Waals surface area contributed by atoms with E-state index in [4.69, 9.17) is 21.3 Å². The Kier molecular flexibility index (Phi) is 8.11. The highest BCUT2D eigenvalue weighted by Gasteiger charge is 2.26. The molecule has 1 saturated heterocycles. The Morgan fingerprint density at radius 2 is 1.92 bits per heavy atom. The maximum absolute atomic E-state index is 13.2. The number of nitrogens with zero attached hydrogens (tertiary/aromatic N) is 3. The van der Waals surface area contributed by atoms with Crippen molar-refractivity contribution in [3.05, 3.63) is 64.8 Å². The van der Waals surface area contributed by atoms with Gasteiger partial charge in [-0.3, -0.25) is 19.5 Å². The van der Waals surface area contributed by atoms with Gasteiger partial charge in [0.1, 0.15) is 6.54 Å². The molecule has 1 N–H and O–H groups in total. The molecule has 1 atom stereocenters. The van der Waals surface area contributed by atoms with Gasteiger partial charge in [0, 0.05) is 41.5 Å². The van der Waals surface area contributed by atoms with Gasteiger partial charge in [-0.1, -0.05) is 43.6 Å². The van der Waals surface area contributed by atoms with Gasteiger partial charge in [0.15, 0.2) is 0 Å². The van der Waals surface area contributed by atoms with Crippen LogP contribution in [0.5, 0.6) is 0 Å². The minimum Gasteiger partial charge on any atom is -0.376 e. The number of nitrogens with one attached hydrogen (secondary N) is 1. The zero-order chi connectivity index (χ0) is 25.8. The standard InChI is InChI=1S/C28H33ClN4O3/c1-18(2)27(35)32(15-24-6-5-13-36-24)17-26(34)31-28-30-25(21-8-10-22(29)11-9-21)16-33(28)23-12-7-19(3)20(4)14-23/h7-12,14,16,18,24H,5-6,13,15,17H2,1-4H3,(H,30,31,34). The van der Waals surface area contributed by atoms with Gasteiger partial charge in [-0.15, -0.1) is 0 Å². The van der Waals surface area contributed by atoms with E-state index in [-0.39, 0.29) is 30.4 Å². The SMILES string of the molecule is Cc1ccc(-n2cc(-c3ccc(Cl)cc3)nc2NC(=O)CN(CC2CCCO2)C(=O)C(C)C)cc1C. The van der Waals surface area contributed by atoms with Crippen LogP contribution in [0.3, 0.4) is 0 Å². The molecule has 7 nitrogen and oxygen atoms in total. The molecule has 1 aliphatic rings. The van der Waals surface area contributed by atoms with E-state index in [0.29, 0.717) is 29.8 Å². The van der Waals surface area contributed by atoms with E-state index < -0.39 is 0 Å². The number of aryl methyl sites for hydroxylation is 2. The lowest BCUT2D eigenvalue weighted by molar-refractivity contribution is -0.139. The van der Waals surface area contributed by atoms with Crippen LogP contribution in [-0.4, -0.2) is 52.1 Å². The summed E-state index contributed by atoms with van der Waals surface area (Å²) in [6.45, 7) is 8.83. The minimum absolute atomic E-state index is 0.0328. The number of carbonyl (C=O) groups is 2. The van der Waals surface area contributed by atoms with E-state index in [0.717, 1.165) is 29.7 Å². The van der Waals surface area contributed by atoms with E-state index in [1.807, 2.05) is 61.0 Å². The molecule has 1 unspecified atom stereocenters. The summed E-state index contributed by atoms with van der Waals surface area (Å²) in [4.78, 5) is 32.4. The third kappa shape index (κ3) is 6.15. The van der Waals surface area contributed by atoms with E-state index in [1.165, 1.54) is 5.56 Å². The van der Waals surface area contributed by atoms with Crippen molar-refractivity contribution >= 4 is 29.4 Å². The summed E-state index contributed by atoms with van der Waals surface area (Å²) in [6.07, 6.45) is 3.73. The molecule has 2 amide bonds. The third-order valence-corrected chi connectivity index (χ3v) is 6.71. The van der Waals surface area contributed by atoms with Gasteiger partial charge in [-0.05, 0) is 62.1 Å². The summed E-state index contributed by atoms with van der Waals surface area (Å²) < 4.78 is 7.58. The van der Waals surface area contributed by atoms with Crippen LogP contribution in [-0.2, 0) is 14.3 Å². The number of benzene rings is 2. The molecule has 190 valence electrons. The molecule has 1 aliphatic heterocycles. The number of anilines is 1. The lowest BCUT2D eigenvalue weighted by Gasteiger charge is -2.26. The van der Waals surface area contributed by atoms with Crippen LogP contribution in [0.2, 0.25) is 5.02 Å². The molecule has 0 aliphatic carbocycles. The number of carbonyl (C=O) groups excluding carboxylic acids is 2. The summed E-state index contributed by atoms with van der Waals surface area (Å²) in [5, 5.41) is 3.59.